The smallest absolute Gasteiger partial charge is 0.379 e. The van der Waals surface area contributed by atoms with Crippen molar-refractivity contribution in [2.45, 2.75) is 12.3 Å². The first-order valence-corrected chi connectivity index (χ1v) is 3.26. The Kier molecular flexibility index (Phi) is 2.43. The molecule has 0 aliphatic heterocycles. The van der Waals surface area contributed by atoms with Crippen LogP contribution in [0.25, 0.3) is 0 Å². The summed E-state index contributed by atoms with van der Waals surface area (Å²) in [6.45, 7) is 0. The zero-order chi connectivity index (χ0) is 10.9. The van der Waals surface area contributed by atoms with Gasteiger partial charge in [-0.3, -0.25) is 0 Å². The molecule has 6 nitrogen and oxygen atoms in total. The Hall–Kier alpha value is -1.64. The van der Waals surface area contributed by atoms with Crippen molar-refractivity contribution in [2.75, 3.05) is 0 Å². The summed E-state index contributed by atoms with van der Waals surface area (Å²) in [6.07, 6.45) is -7.29. The number of nitrogens with one attached hydrogen (secondary N) is 1. The first kappa shape index (κ1) is 10.4. The minimum absolute atomic E-state index is 0.566. The average molecular weight is 211 g/mol. The van der Waals surface area contributed by atoms with E-state index < -0.39 is 28.6 Å². The van der Waals surface area contributed by atoms with E-state index in [4.69, 9.17) is 5.11 Å². The molecule has 0 spiro atoms. The van der Waals surface area contributed by atoms with Crippen molar-refractivity contribution in [1.29, 1.82) is 0 Å². The predicted octanol–water partition coefficient (Wildman–Crippen LogP) is 0.914. The second kappa shape index (κ2) is 3.25. The first-order valence-electron chi connectivity index (χ1n) is 3.26. The molecule has 1 rings (SSSR count). The molecule has 78 valence electrons. The summed E-state index contributed by atoms with van der Waals surface area (Å²) in [5.41, 5.74) is -0.900. The summed E-state index contributed by atoms with van der Waals surface area (Å²) >= 11 is 0. The minimum atomic E-state index is -4.95. The van der Waals surface area contributed by atoms with Crippen molar-refractivity contribution >= 4 is 5.82 Å². The van der Waals surface area contributed by atoms with E-state index >= 15 is 0 Å². The Labute approximate surface area is 74.5 Å². The third-order valence-corrected chi connectivity index (χ3v) is 1.43. The lowest BCUT2D eigenvalue weighted by Crippen LogP contribution is -2.20. The van der Waals surface area contributed by atoms with Crippen LogP contribution in [0.15, 0.2) is 6.20 Å². The molecule has 0 unspecified atom stereocenters. The second-order valence-corrected chi connectivity index (χ2v) is 2.38. The third-order valence-electron chi connectivity index (χ3n) is 1.43. The summed E-state index contributed by atoms with van der Waals surface area (Å²) < 4.78 is 35.8. The molecule has 1 aromatic rings. The molecule has 0 saturated carbocycles. The Balaban J connectivity index is 3.07. The average Bonchev–Trinajstić information content (AvgIpc) is 2.48. The number of rotatable bonds is 2. The van der Waals surface area contributed by atoms with Gasteiger partial charge < -0.3 is 15.2 Å². The predicted molar refractivity (Wildman–Crippen MR) is 36.3 cm³/mol. The fraction of sp³-hybridized carbons (Fsp3) is 0.400. The molecule has 9 heteroatoms. The molecular formula is C5H4F3N3O3. The number of halogens is 3. The number of H-pyrrole nitrogens is 1. The van der Waals surface area contributed by atoms with E-state index in [1.807, 2.05) is 0 Å². The number of nitro groups is 1. The van der Waals surface area contributed by atoms with Gasteiger partial charge >= 0.3 is 12.0 Å². The van der Waals surface area contributed by atoms with Crippen LogP contribution < -0.4 is 0 Å². The Bertz CT molecular complexity index is 347. The minimum Gasteiger partial charge on any atom is -0.379 e. The maximum atomic E-state index is 11.9. The number of aliphatic hydroxyl groups is 1. The summed E-state index contributed by atoms with van der Waals surface area (Å²) in [4.78, 5) is 9.08. The number of alkyl halides is 3. The van der Waals surface area contributed by atoms with E-state index in [9.17, 15) is 23.3 Å². The van der Waals surface area contributed by atoms with Gasteiger partial charge in [0.25, 0.3) is 0 Å². The van der Waals surface area contributed by atoms with E-state index in [-0.39, 0.29) is 0 Å². The Morgan fingerprint density at radius 1 is 1.64 bits per heavy atom. The molecule has 1 atom stereocenters. The highest BCUT2D eigenvalue weighted by Gasteiger charge is 2.43. The van der Waals surface area contributed by atoms with Crippen molar-refractivity contribution in [1.82, 2.24) is 10.2 Å². The van der Waals surface area contributed by atoms with Crippen LogP contribution in [0.1, 0.15) is 11.7 Å². The number of hydrogen-bond acceptors (Lipinski definition) is 4. The lowest BCUT2D eigenvalue weighted by Gasteiger charge is -2.11. The number of aliphatic hydroxyl groups excluding tert-OH is 1. The molecule has 1 heterocycles. The maximum Gasteiger partial charge on any atom is 0.418 e. The number of aromatic amines is 1. The lowest BCUT2D eigenvalue weighted by atomic mass is 10.2. The lowest BCUT2D eigenvalue weighted by molar-refractivity contribution is -0.391. The van der Waals surface area contributed by atoms with Crippen molar-refractivity contribution in [3.8, 4) is 0 Å². The number of nitrogens with zero attached hydrogens (tertiary/aromatic N) is 2. The van der Waals surface area contributed by atoms with E-state index in [2.05, 4.69) is 5.10 Å². The van der Waals surface area contributed by atoms with Gasteiger partial charge in [0.1, 0.15) is 5.56 Å². The van der Waals surface area contributed by atoms with Crippen LogP contribution >= 0.6 is 0 Å². The second-order valence-electron chi connectivity index (χ2n) is 2.38. The van der Waals surface area contributed by atoms with Gasteiger partial charge in [0, 0.05) is 0 Å². The number of hydrogen-bond donors (Lipinski definition) is 2. The van der Waals surface area contributed by atoms with Crippen molar-refractivity contribution in [3.05, 3.63) is 21.9 Å². The fourth-order valence-corrected chi connectivity index (χ4v) is 0.811. The van der Waals surface area contributed by atoms with Gasteiger partial charge in [-0.15, -0.1) is 5.10 Å². The molecule has 0 aromatic carbocycles. The molecule has 0 aliphatic rings. The maximum absolute atomic E-state index is 11.9. The molecule has 0 radical (unpaired) electrons. The Morgan fingerprint density at radius 3 is 2.64 bits per heavy atom. The fourth-order valence-electron chi connectivity index (χ4n) is 0.811. The van der Waals surface area contributed by atoms with Gasteiger partial charge in [0.2, 0.25) is 0 Å². The van der Waals surface area contributed by atoms with E-state index in [1.54, 1.807) is 5.10 Å². The molecule has 1 aromatic heterocycles. The summed E-state index contributed by atoms with van der Waals surface area (Å²) in [5, 5.41) is 23.7. The highest BCUT2D eigenvalue weighted by atomic mass is 19.4. The normalized spacial score (nSPS) is 14.0. The SMILES string of the molecule is O=[N+]([O-])c1[nH]ncc1[C@@H](O)C(F)(F)F. The zero-order valence-corrected chi connectivity index (χ0v) is 6.45. The summed E-state index contributed by atoms with van der Waals surface area (Å²) in [5.74, 6) is -0.963. The summed E-state index contributed by atoms with van der Waals surface area (Å²) in [7, 11) is 0. The van der Waals surface area contributed by atoms with E-state index in [0.717, 1.165) is 0 Å². The molecule has 2 N–H and O–H groups in total. The molecule has 0 aliphatic carbocycles. The van der Waals surface area contributed by atoms with Crippen LogP contribution in [0.2, 0.25) is 0 Å². The van der Waals surface area contributed by atoms with Gasteiger partial charge in [-0.1, -0.05) is 5.10 Å². The third kappa shape index (κ3) is 1.82. The summed E-state index contributed by atoms with van der Waals surface area (Å²) in [6, 6.07) is 0. The van der Waals surface area contributed by atoms with Crippen LogP contribution in [0, 0.1) is 10.1 Å². The van der Waals surface area contributed by atoms with Crippen LogP contribution in [0.5, 0.6) is 0 Å². The Morgan fingerprint density at radius 2 is 2.21 bits per heavy atom. The van der Waals surface area contributed by atoms with Gasteiger partial charge in [-0.25, -0.2) is 0 Å². The molecular weight excluding hydrogens is 207 g/mol. The van der Waals surface area contributed by atoms with E-state index in [1.165, 1.54) is 0 Å². The molecule has 14 heavy (non-hydrogen) atoms. The topological polar surface area (TPSA) is 92.0 Å². The molecule has 0 bridgehead atoms. The first-order chi connectivity index (χ1) is 6.34. The van der Waals surface area contributed by atoms with E-state index in [0.29, 0.717) is 6.20 Å². The van der Waals surface area contributed by atoms with Crippen molar-refractivity contribution < 1.29 is 23.2 Å². The molecule has 0 fully saturated rings. The van der Waals surface area contributed by atoms with Crippen LogP contribution in [-0.4, -0.2) is 26.4 Å². The van der Waals surface area contributed by atoms with Crippen LogP contribution in [0.4, 0.5) is 19.0 Å². The van der Waals surface area contributed by atoms with Gasteiger partial charge in [0.15, 0.2) is 6.10 Å². The number of aromatic nitrogens is 2. The molecule has 0 saturated heterocycles. The largest absolute Gasteiger partial charge is 0.418 e. The zero-order valence-electron chi connectivity index (χ0n) is 6.45. The van der Waals surface area contributed by atoms with Crippen LogP contribution in [0.3, 0.4) is 0 Å². The standard InChI is InChI=1S/C5H4F3N3O3/c6-5(7,8)3(12)2-1-9-10-4(2)11(13)14/h1,3,12H,(H,9,10)/t3-/m1/s1. The highest BCUT2D eigenvalue weighted by Crippen LogP contribution is 2.35. The van der Waals surface area contributed by atoms with Crippen molar-refractivity contribution in [2.24, 2.45) is 0 Å². The van der Waals surface area contributed by atoms with Gasteiger partial charge in [-0.05, 0) is 4.92 Å². The van der Waals surface area contributed by atoms with Crippen molar-refractivity contribution in [3.63, 3.8) is 0 Å². The van der Waals surface area contributed by atoms with Crippen LogP contribution in [-0.2, 0) is 0 Å². The molecule has 0 amide bonds. The quantitative estimate of drug-likeness (QED) is 0.561. The highest BCUT2D eigenvalue weighted by molar-refractivity contribution is 5.32. The van der Waals surface area contributed by atoms with Gasteiger partial charge in [-0.2, -0.15) is 13.2 Å². The monoisotopic (exact) mass is 211 g/mol. The van der Waals surface area contributed by atoms with Gasteiger partial charge in [0.05, 0.1) is 6.20 Å².